The quantitative estimate of drug-likeness (QED) is 0.431. The SMILES string of the molecule is I.NC(=NC1CCCCC1)NC1CC(N2CCCCC2)C1. The standard InChI is InChI=1S/C16H30N4.HI/c17-16(18-13-7-3-1-4-8-13)19-14-11-15(12-14)20-9-5-2-6-10-20;/h13-15H,1-12H2,(H3,17,18,19);1H. The first-order chi connectivity index (χ1) is 9.81. The number of hydrogen-bond donors (Lipinski definition) is 2. The van der Waals surface area contributed by atoms with E-state index in [0.29, 0.717) is 18.0 Å². The van der Waals surface area contributed by atoms with Crippen molar-refractivity contribution >= 4 is 29.9 Å². The van der Waals surface area contributed by atoms with E-state index < -0.39 is 0 Å². The van der Waals surface area contributed by atoms with E-state index in [-0.39, 0.29) is 24.0 Å². The van der Waals surface area contributed by atoms with Gasteiger partial charge in [0.1, 0.15) is 0 Å². The summed E-state index contributed by atoms with van der Waals surface area (Å²) in [6.07, 6.45) is 13.2. The number of nitrogens with one attached hydrogen (secondary N) is 1. The fourth-order valence-electron chi connectivity index (χ4n) is 3.94. The van der Waals surface area contributed by atoms with E-state index >= 15 is 0 Å². The molecule has 0 aromatic carbocycles. The number of hydrogen-bond acceptors (Lipinski definition) is 2. The monoisotopic (exact) mass is 406 g/mol. The second-order valence-electron chi connectivity index (χ2n) is 6.87. The molecular formula is C16H31IN4. The zero-order valence-corrected chi connectivity index (χ0v) is 15.4. The van der Waals surface area contributed by atoms with Crippen molar-refractivity contribution in [1.82, 2.24) is 10.2 Å². The Balaban J connectivity index is 0.00000161. The Morgan fingerprint density at radius 3 is 2.24 bits per heavy atom. The number of guanidine groups is 1. The summed E-state index contributed by atoms with van der Waals surface area (Å²) in [5.41, 5.74) is 6.06. The molecular weight excluding hydrogens is 375 g/mol. The third-order valence-electron chi connectivity index (χ3n) is 5.27. The summed E-state index contributed by atoms with van der Waals surface area (Å²) < 4.78 is 0. The van der Waals surface area contributed by atoms with Crippen LogP contribution in [0.25, 0.3) is 0 Å². The van der Waals surface area contributed by atoms with Crippen LogP contribution in [-0.4, -0.2) is 42.1 Å². The van der Waals surface area contributed by atoms with Crippen molar-refractivity contribution in [2.45, 2.75) is 82.3 Å². The maximum Gasteiger partial charge on any atom is 0.189 e. The second-order valence-corrected chi connectivity index (χ2v) is 6.87. The molecule has 0 atom stereocenters. The van der Waals surface area contributed by atoms with Gasteiger partial charge in [-0.05, 0) is 51.6 Å². The molecule has 0 amide bonds. The van der Waals surface area contributed by atoms with Crippen LogP contribution in [0.2, 0.25) is 0 Å². The fourth-order valence-corrected chi connectivity index (χ4v) is 3.94. The average Bonchev–Trinajstić information content (AvgIpc) is 2.44. The lowest BCUT2D eigenvalue weighted by Crippen LogP contribution is -2.56. The van der Waals surface area contributed by atoms with Gasteiger partial charge in [0.05, 0.1) is 6.04 Å². The van der Waals surface area contributed by atoms with E-state index in [4.69, 9.17) is 5.73 Å². The van der Waals surface area contributed by atoms with E-state index in [2.05, 4.69) is 15.2 Å². The Kier molecular flexibility index (Phi) is 7.05. The molecule has 0 unspecified atom stereocenters. The van der Waals surface area contributed by atoms with Crippen LogP contribution < -0.4 is 11.1 Å². The third kappa shape index (κ3) is 4.98. The van der Waals surface area contributed by atoms with Gasteiger partial charge in [-0.2, -0.15) is 0 Å². The Bertz CT molecular complexity index is 329. The molecule has 4 nitrogen and oxygen atoms in total. The number of nitrogens with zero attached hydrogens (tertiary/aromatic N) is 2. The maximum atomic E-state index is 6.06. The molecule has 5 heteroatoms. The Hall–Kier alpha value is -0.0400. The summed E-state index contributed by atoms with van der Waals surface area (Å²) in [4.78, 5) is 7.34. The first-order valence-corrected chi connectivity index (χ1v) is 8.65. The molecule has 0 bridgehead atoms. The first-order valence-electron chi connectivity index (χ1n) is 8.65. The molecule has 1 heterocycles. The largest absolute Gasteiger partial charge is 0.370 e. The molecule has 3 N–H and O–H groups in total. The number of aliphatic imine (C=N–C) groups is 1. The van der Waals surface area contributed by atoms with Crippen molar-refractivity contribution in [3.8, 4) is 0 Å². The number of likely N-dealkylation sites (tertiary alicyclic amines) is 1. The summed E-state index contributed by atoms with van der Waals surface area (Å²) >= 11 is 0. The highest BCUT2D eigenvalue weighted by Crippen LogP contribution is 2.28. The van der Waals surface area contributed by atoms with E-state index in [0.717, 1.165) is 6.04 Å². The summed E-state index contributed by atoms with van der Waals surface area (Å²) in [6, 6.07) is 1.85. The Morgan fingerprint density at radius 2 is 1.57 bits per heavy atom. The maximum absolute atomic E-state index is 6.06. The average molecular weight is 406 g/mol. The minimum absolute atomic E-state index is 0. The van der Waals surface area contributed by atoms with Gasteiger partial charge in [0, 0.05) is 12.1 Å². The normalized spacial score (nSPS) is 32.1. The summed E-state index contributed by atoms with van der Waals surface area (Å²) in [6.45, 7) is 2.62. The van der Waals surface area contributed by atoms with Crippen LogP contribution in [-0.2, 0) is 0 Å². The van der Waals surface area contributed by atoms with Crippen molar-refractivity contribution in [2.75, 3.05) is 13.1 Å². The van der Waals surface area contributed by atoms with Gasteiger partial charge >= 0.3 is 0 Å². The van der Waals surface area contributed by atoms with Crippen molar-refractivity contribution in [3.63, 3.8) is 0 Å². The fraction of sp³-hybridized carbons (Fsp3) is 0.938. The predicted molar refractivity (Wildman–Crippen MR) is 99.3 cm³/mol. The van der Waals surface area contributed by atoms with Gasteiger partial charge in [-0.1, -0.05) is 25.7 Å². The lowest BCUT2D eigenvalue weighted by molar-refractivity contribution is 0.0846. The van der Waals surface area contributed by atoms with Crippen molar-refractivity contribution in [1.29, 1.82) is 0 Å². The molecule has 21 heavy (non-hydrogen) atoms. The molecule has 1 saturated heterocycles. The zero-order chi connectivity index (χ0) is 13.8. The van der Waals surface area contributed by atoms with E-state index in [9.17, 15) is 0 Å². The molecule has 3 rings (SSSR count). The van der Waals surface area contributed by atoms with Gasteiger partial charge in [-0.25, -0.2) is 0 Å². The third-order valence-corrected chi connectivity index (χ3v) is 5.27. The van der Waals surface area contributed by atoms with Gasteiger partial charge < -0.3 is 16.0 Å². The highest BCUT2D eigenvalue weighted by Gasteiger charge is 2.34. The van der Waals surface area contributed by atoms with Gasteiger partial charge in [0.25, 0.3) is 0 Å². The molecule has 3 fully saturated rings. The number of nitrogens with two attached hydrogens (primary N) is 1. The highest BCUT2D eigenvalue weighted by atomic mass is 127. The first kappa shape index (κ1) is 17.3. The van der Waals surface area contributed by atoms with Crippen molar-refractivity contribution in [2.24, 2.45) is 10.7 Å². The Morgan fingerprint density at radius 1 is 0.952 bits per heavy atom. The minimum atomic E-state index is 0. The summed E-state index contributed by atoms with van der Waals surface area (Å²) in [5.74, 6) is 0.694. The number of halogens is 1. The molecule has 2 aliphatic carbocycles. The van der Waals surface area contributed by atoms with Crippen molar-refractivity contribution < 1.29 is 0 Å². The molecule has 0 spiro atoms. The van der Waals surface area contributed by atoms with Crippen LogP contribution >= 0.6 is 24.0 Å². The van der Waals surface area contributed by atoms with Crippen LogP contribution in [0.4, 0.5) is 0 Å². The molecule has 0 aromatic heterocycles. The molecule has 1 aliphatic heterocycles. The van der Waals surface area contributed by atoms with Gasteiger partial charge in [-0.15, -0.1) is 24.0 Å². The van der Waals surface area contributed by atoms with Gasteiger partial charge in [0.2, 0.25) is 0 Å². The van der Waals surface area contributed by atoms with Gasteiger partial charge in [0.15, 0.2) is 5.96 Å². The lowest BCUT2D eigenvalue weighted by Gasteiger charge is -2.44. The molecule has 2 saturated carbocycles. The molecule has 3 aliphatic rings. The van der Waals surface area contributed by atoms with E-state index in [1.54, 1.807) is 0 Å². The smallest absolute Gasteiger partial charge is 0.189 e. The van der Waals surface area contributed by atoms with Crippen LogP contribution in [0.3, 0.4) is 0 Å². The second kappa shape index (κ2) is 8.56. The number of piperidine rings is 1. The lowest BCUT2D eigenvalue weighted by atomic mass is 9.84. The zero-order valence-electron chi connectivity index (χ0n) is 13.1. The van der Waals surface area contributed by atoms with Crippen molar-refractivity contribution in [3.05, 3.63) is 0 Å². The van der Waals surface area contributed by atoms with Crippen LogP contribution in [0.1, 0.15) is 64.2 Å². The minimum Gasteiger partial charge on any atom is -0.370 e. The van der Waals surface area contributed by atoms with E-state index in [1.165, 1.54) is 77.3 Å². The van der Waals surface area contributed by atoms with Crippen LogP contribution in [0, 0.1) is 0 Å². The van der Waals surface area contributed by atoms with E-state index in [1.807, 2.05) is 0 Å². The predicted octanol–water partition coefficient (Wildman–Crippen LogP) is 2.86. The van der Waals surface area contributed by atoms with Crippen LogP contribution in [0.5, 0.6) is 0 Å². The highest BCUT2D eigenvalue weighted by molar-refractivity contribution is 14.0. The molecule has 0 radical (unpaired) electrons. The topological polar surface area (TPSA) is 53.6 Å². The number of rotatable bonds is 3. The summed E-state index contributed by atoms with van der Waals surface area (Å²) in [7, 11) is 0. The molecule has 0 aromatic rings. The van der Waals surface area contributed by atoms with Gasteiger partial charge in [-0.3, -0.25) is 4.99 Å². The summed E-state index contributed by atoms with van der Waals surface area (Å²) in [5, 5.41) is 3.43. The van der Waals surface area contributed by atoms with Crippen LogP contribution in [0.15, 0.2) is 4.99 Å². The Labute approximate surface area is 146 Å². The molecule has 122 valence electrons.